The maximum absolute atomic E-state index is 12.6. The van der Waals surface area contributed by atoms with E-state index in [1.54, 1.807) is 0 Å². The number of aryl methyl sites for hydroxylation is 1. The number of hydrogen-bond donors (Lipinski definition) is 3. The van der Waals surface area contributed by atoms with Gasteiger partial charge in [-0.15, -0.1) is 0 Å². The van der Waals surface area contributed by atoms with Crippen LogP contribution in [0.2, 0.25) is 0 Å². The number of carbonyl (C=O) groups is 2. The average molecular weight is 419 g/mol. The first-order valence-corrected chi connectivity index (χ1v) is 11.5. The lowest BCUT2D eigenvalue weighted by atomic mass is 9.85. The molecule has 0 bridgehead atoms. The van der Waals surface area contributed by atoms with Crippen molar-refractivity contribution in [2.45, 2.75) is 76.7 Å². The molecule has 0 aromatic heterocycles. The summed E-state index contributed by atoms with van der Waals surface area (Å²) in [5.41, 5.74) is 1.30. The minimum absolute atomic E-state index is 0.0563. The van der Waals surface area contributed by atoms with Gasteiger partial charge in [-0.05, 0) is 43.4 Å². The minimum atomic E-state index is -0.878. The summed E-state index contributed by atoms with van der Waals surface area (Å²) in [4.78, 5) is 24.1. The van der Waals surface area contributed by atoms with Crippen LogP contribution in [0.5, 0.6) is 0 Å². The second kappa shape index (κ2) is 11.3. The Bertz CT molecular complexity index is 687. The number of anilines is 1. The molecule has 0 spiro atoms. The maximum atomic E-state index is 12.6. The van der Waals surface area contributed by atoms with Gasteiger partial charge in [0.05, 0.1) is 27.1 Å². The summed E-state index contributed by atoms with van der Waals surface area (Å²) in [5, 5.41) is 15.3. The Morgan fingerprint density at radius 3 is 2.37 bits per heavy atom. The number of carboxylic acid groups (broad SMARTS) is 1. The SMILES string of the molecule is CCCCCCCCc1ccc(NC(=O)NC2(CC(=O)O)CCC[N+](C)(C)C2)cc1. The molecule has 0 saturated carbocycles. The number of benzene rings is 1. The van der Waals surface area contributed by atoms with Crippen LogP contribution in [0, 0.1) is 0 Å². The number of nitrogens with one attached hydrogen (secondary N) is 2. The zero-order valence-electron chi connectivity index (χ0n) is 19.0. The normalized spacial score (nSPS) is 20.5. The predicted molar refractivity (Wildman–Crippen MR) is 122 cm³/mol. The standard InChI is InChI=1S/C24H39N3O3/c1-4-5-6-7-8-9-11-20-12-14-21(15-13-20)25-23(30)26-24(18-22(28)29)16-10-17-27(2,3)19-24/h12-15H,4-11,16-19H2,1-3H3,(H2-,25,26,28,29,30)/p+1. The van der Waals surface area contributed by atoms with Gasteiger partial charge in [0, 0.05) is 5.69 Å². The zero-order chi connectivity index (χ0) is 22.0. The molecule has 168 valence electrons. The third kappa shape index (κ3) is 8.34. The highest BCUT2D eigenvalue weighted by atomic mass is 16.4. The van der Waals surface area contributed by atoms with Gasteiger partial charge < -0.3 is 20.2 Å². The molecule has 0 aliphatic carbocycles. The van der Waals surface area contributed by atoms with Crippen molar-refractivity contribution in [1.82, 2.24) is 5.32 Å². The Hall–Kier alpha value is -2.08. The molecule has 1 atom stereocenters. The zero-order valence-corrected chi connectivity index (χ0v) is 19.0. The number of quaternary nitrogens is 1. The van der Waals surface area contributed by atoms with Gasteiger partial charge in [-0.2, -0.15) is 0 Å². The fourth-order valence-corrected chi connectivity index (χ4v) is 4.67. The Balaban J connectivity index is 1.86. The van der Waals surface area contributed by atoms with Crippen molar-refractivity contribution in [2.24, 2.45) is 0 Å². The summed E-state index contributed by atoms with van der Waals surface area (Å²) in [6.07, 6.45) is 10.3. The summed E-state index contributed by atoms with van der Waals surface area (Å²) >= 11 is 0. The highest BCUT2D eigenvalue weighted by molar-refractivity contribution is 5.90. The lowest BCUT2D eigenvalue weighted by molar-refractivity contribution is -0.899. The Kier molecular flexibility index (Phi) is 9.15. The number of unbranched alkanes of at least 4 members (excludes halogenated alkanes) is 5. The molecule has 2 rings (SSSR count). The largest absolute Gasteiger partial charge is 0.481 e. The van der Waals surface area contributed by atoms with Crippen LogP contribution in [0.25, 0.3) is 0 Å². The molecule has 1 saturated heterocycles. The molecular weight excluding hydrogens is 378 g/mol. The number of rotatable bonds is 11. The Morgan fingerprint density at radius 2 is 1.73 bits per heavy atom. The van der Waals surface area contributed by atoms with Gasteiger partial charge in [0.2, 0.25) is 0 Å². The molecule has 1 aliphatic heterocycles. The third-order valence-corrected chi connectivity index (χ3v) is 6.05. The summed E-state index contributed by atoms with van der Waals surface area (Å²) in [7, 11) is 4.16. The molecule has 3 N–H and O–H groups in total. The van der Waals surface area contributed by atoms with Gasteiger partial charge in [-0.1, -0.05) is 51.2 Å². The fraction of sp³-hybridized carbons (Fsp3) is 0.667. The van der Waals surface area contributed by atoms with E-state index >= 15 is 0 Å². The average Bonchev–Trinajstić information content (AvgIpc) is 2.64. The number of hydrogen-bond acceptors (Lipinski definition) is 2. The molecule has 1 fully saturated rings. The lowest BCUT2D eigenvalue weighted by Crippen LogP contribution is -2.64. The van der Waals surface area contributed by atoms with Crippen LogP contribution in [0.15, 0.2) is 24.3 Å². The van der Waals surface area contributed by atoms with E-state index in [4.69, 9.17) is 0 Å². The number of amides is 2. The number of nitrogens with zero attached hydrogens (tertiary/aromatic N) is 1. The smallest absolute Gasteiger partial charge is 0.319 e. The predicted octanol–water partition coefficient (Wildman–Crippen LogP) is 4.79. The van der Waals surface area contributed by atoms with Crippen LogP contribution in [0.4, 0.5) is 10.5 Å². The van der Waals surface area contributed by atoms with Crippen LogP contribution >= 0.6 is 0 Å². The van der Waals surface area contributed by atoms with Crippen molar-refractivity contribution >= 4 is 17.7 Å². The number of piperidine rings is 1. The first-order valence-electron chi connectivity index (χ1n) is 11.5. The quantitative estimate of drug-likeness (QED) is 0.357. The highest BCUT2D eigenvalue weighted by Crippen LogP contribution is 2.27. The monoisotopic (exact) mass is 418 g/mol. The maximum Gasteiger partial charge on any atom is 0.319 e. The summed E-state index contributed by atoms with van der Waals surface area (Å²) in [5.74, 6) is -0.878. The molecule has 1 aromatic carbocycles. The van der Waals surface area contributed by atoms with Gasteiger partial charge in [0.15, 0.2) is 0 Å². The first kappa shape index (κ1) is 24.2. The van der Waals surface area contributed by atoms with Crippen LogP contribution in [0.1, 0.15) is 70.3 Å². The Labute approximate surface area is 181 Å². The van der Waals surface area contributed by atoms with Crippen molar-refractivity contribution in [3.8, 4) is 0 Å². The molecule has 0 radical (unpaired) electrons. The summed E-state index contributed by atoms with van der Waals surface area (Å²) in [6, 6.07) is 7.65. The molecule has 2 amide bonds. The van der Waals surface area contributed by atoms with Crippen molar-refractivity contribution in [1.29, 1.82) is 0 Å². The van der Waals surface area contributed by atoms with E-state index in [1.807, 2.05) is 12.1 Å². The number of carbonyl (C=O) groups excluding carboxylic acids is 1. The van der Waals surface area contributed by atoms with Crippen molar-refractivity contribution in [2.75, 3.05) is 32.5 Å². The van der Waals surface area contributed by atoms with Gasteiger partial charge in [0.1, 0.15) is 12.1 Å². The van der Waals surface area contributed by atoms with Crippen LogP contribution in [-0.4, -0.2) is 54.3 Å². The molecule has 1 aromatic rings. The number of likely N-dealkylation sites (tertiary alicyclic amines) is 1. The molecule has 30 heavy (non-hydrogen) atoms. The van der Waals surface area contributed by atoms with Gasteiger partial charge >= 0.3 is 12.0 Å². The third-order valence-electron chi connectivity index (χ3n) is 6.05. The fourth-order valence-electron chi connectivity index (χ4n) is 4.67. The van der Waals surface area contributed by atoms with Crippen molar-refractivity contribution in [3.63, 3.8) is 0 Å². The van der Waals surface area contributed by atoms with E-state index in [9.17, 15) is 14.7 Å². The first-order chi connectivity index (χ1) is 14.2. The second-order valence-corrected chi connectivity index (χ2v) is 9.57. The summed E-state index contributed by atoms with van der Waals surface area (Å²) in [6.45, 7) is 3.84. The number of urea groups is 1. The van der Waals surface area contributed by atoms with Crippen LogP contribution < -0.4 is 10.6 Å². The molecule has 1 aliphatic rings. The van der Waals surface area contributed by atoms with Crippen LogP contribution in [-0.2, 0) is 11.2 Å². The summed E-state index contributed by atoms with van der Waals surface area (Å²) < 4.78 is 0.709. The molecule has 1 heterocycles. The molecule has 1 unspecified atom stereocenters. The number of carboxylic acids is 1. The molecule has 6 nitrogen and oxygen atoms in total. The van der Waals surface area contributed by atoms with Crippen molar-refractivity contribution in [3.05, 3.63) is 29.8 Å². The van der Waals surface area contributed by atoms with E-state index in [-0.39, 0.29) is 12.5 Å². The van der Waals surface area contributed by atoms with Gasteiger partial charge in [-0.3, -0.25) is 4.79 Å². The number of likely N-dealkylation sites (N-methyl/N-ethyl adjacent to an activating group) is 1. The minimum Gasteiger partial charge on any atom is -0.481 e. The van der Waals surface area contributed by atoms with Crippen LogP contribution in [0.3, 0.4) is 0 Å². The van der Waals surface area contributed by atoms with E-state index in [0.717, 1.165) is 25.1 Å². The van der Waals surface area contributed by atoms with Gasteiger partial charge in [0.25, 0.3) is 0 Å². The topological polar surface area (TPSA) is 78.4 Å². The van der Waals surface area contributed by atoms with E-state index < -0.39 is 11.5 Å². The highest BCUT2D eigenvalue weighted by Gasteiger charge is 2.43. The number of aliphatic carboxylic acids is 1. The molecular formula is C24H40N3O3+. The van der Waals surface area contributed by atoms with E-state index in [0.29, 0.717) is 17.4 Å². The van der Waals surface area contributed by atoms with E-state index in [2.05, 4.69) is 43.8 Å². The second-order valence-electron chi connectivity index (χ2n) is 9.57. The lowest BCUT2D eigenvalue weighted by Gasteiger charge is -2.45. The van der Waals surface area contributed by atoms with Crippen molar-refractivity contribution < 1.29 is 19.2 Å². The molecule has 6 heteroatoms. The van der Waals surface area contributed by atoms with E-state index in [1.165, 1.54) is 44.1 Å². The van der Waals surface area contributed by atoms with Gasteiger partial charge in [-0.25, -0.2) is 4.79 Å². The Morgan fingerprint density at radius 1 is 1.07 bits per heavy atom.